The summed E-state index contributed by atoms with van der Waals surface area (Å²) in [5.41, 5.74) is -0.447. The Balaban J connectivity index is 1.90. The predicted octanol–water partition coefficient (Wildman–Crippen LogP) is 6.03. The van der Waals surface area contributed by atoms with Crippen LogP contribution >= 0.6 is 0 Å². The number of hydrogen-bond acceptors (Lipinski definition) is 3. The van der Waals surface area contributed by atoms with E-state index in [0.29, 0.717) is 35.9 Å². The van der Waals surface area contributed by atoms with Crippen LogP contribution in [0.2, 0.25) is 0 Å². The second-order valence-electron chi connectivity index (χ2n) is 13.6. The van der Waals surface area contributed by atoms with E-state index < -0.39 is 6.10 Å². The third-order valence-corrected chi connectivity index (χ3v) is 13.1. The minimum Gasteiger partial charge on any atom is -0.393 e. The second-order valence-corrected chi connectivity index (χ2v) is 13.6. The number of carbonyl (C=O) groups excluding carboxylic acids is 2. The molecule has 32 heavy (non-hydrogen) atoms. The van der Waals surface area contributed by atoms with Crippen LogP contribution in [0, 0.1) is 75.4 Å². The minimum absolute atomic E-state index is 0.0323. The summed E-state index contributed by atoms with van der Waals surface area (Å²) in [7, 11) is 0. The first-order valence-electron chi connectivity index (χ1n) is 13.4. The zero-order valence-electron chi connectivity index (χ0n) is 22.2. The molecule has 0 radical (unpaired) electrons. The van der Waals surface area contributed by atoms with Crippen molar-refractivity contribution in [3.63, 3.8) is 0 Å². The van der Waals surface area contributed by atoms with Crippen LogP contribution in [-0.4, -0.2) is 22.8 Å². The number of aliphatic hydroxyl groups excluding tert-OH is 1. The first-order valence-corrected chi connectivity index (χ1v) is 13.4. The molecule has 182 valence electrons. The lowest BCUT2D eigenvalue weighted by Gasteiger charge is -2.74. The van der Waals surface area contributed by atoms with Crippen LogP contribution in [0.25, 0.3) is 0 Å². The maximum absolute atomic E-state index is 14.4. The molecule has 0 saturated heterocycles. The molecule has 0 aromatic rings. The van der Waals surface area contributed by atoms with E-state index in [0.717, 1.165) is 6.42 Å². The van der Waals surface area contributed by atoms with Crippen LogP contribution in [0.1, 0.15) is 88.5 Å². The summed E-state index contributed by atoms with van der Waals surface area (Å²) in [4.78, 5) is 27.9. The lowest BCUT2D eigenvalue weighted by atomic mass is 9.29. The average molecular weight is 445 g/mol. The van der Waals surface area contributed by atoms with Gasteiger partial charge in [-0.2, -0.15) is 0 Å². The zero-order valence-corrected chi connectivity index (χ0v) is 22.2. The molecule has 14 unspecified atom stereocenters. The van der Waals surface area contributed by atoms with Crippen molar-refractivity contribution < 1.29 is 14.7 Å². The van der Waals surface area contributed by atoms with E-state index in [4.69, 9.17) is 0 Å². The Labute approximate surface area is 196 Å². The highest BCUT2D eigenvalue weighted by Crippen LogP contribution is 2.75. The molecule has 1 N–H and O–H groups in total. The fourth-order valence-electron chi connectivity index (χ4n) is 10.7. The van der Waals surface area contributed by atoms with Crippen molar-refractivity contribution >= 4 is 11.6 Å². The molecule has 4 aliphatic carbocycles. The fraction of sp³-hybridized carbons (Fsp3) is 0.931. The molecule has 0 amide bonds. The van der Waals surface area contributed by atoms with Crippen LogP contribution in [0.15, 0.2) is 0 Å². The Bertz CT molecular complexity index is 802. The molecular weight excluding hydrogens is 396 g/mol. The lowest BCUT2D eigenvalue weighted by molar-refractivity contribution is -0.256. The third kappa shape index (κ3) is 2.64. The van der Waals surface area contributed by atoms with Gasteiger partial charge in [-0.15, -0.1) is 0 Å². The Morgan fingerprint density at radius 1 is 0.875 bits per heavy atom. The molecule has 4 aliphatic rings. The molecule has 0 bridgehead atoms. The number of ketones is 2. The van der Waals surface area contributed by atoms with Gasteiger partial charge in [-0.25, -0.2) is 0 Å². The van der Waals surface area contributed by atoms with Gasteiger partial charge >= 0.3 is 0 Å². The summed E-state index contributed by atoms with van der Waals surface area (Å²) < 4.78 is 0. The molecule has 0 aliphatic heterocycles. The Hall–Kier alpha value is -0.700. The monoisotopic (exact) mass is 444 g/mol. The van der Waals surface area contributed by atoms with Crippen molar-refractivity contribution in [1.82, 2.24) is 0 Å². The van der Waals surface area contributed by atoms with E-state index in [1.54, 1.807) is 6.92 Å². The standard InChI is InChI=1S/C29H48O3/c1-14-11-12-15(2)23-22(14)16(3)28(9)20(7)27(8)13-21(31)24(19(6)30)17(4)29(27,10)18(5)25(28)26(23)32/h14-20,22-25,30H,11-13H2,1-10H3. The van der Waals surface area contributed by atoms with Gasteiger partial charge in [0.15, 0.2) is 0 Å². The van der Waals surface area contributed by atoms with Gasteiger partial charge in [-0.1, -0.05) is 68.7 Å². The van der Waals surface area contributed by atoms with Crippen molar-refractivity contribution in [3.05, 3.63) is 0 Å². The van der Waals surface area contributed by atoms with Gasteiger partial charge in [0, 0.05) is 24.2 Å². The van der Waals surface area contributed by atoms with Gasteiger partial charge in [0.1, 0.15) is 11.6 Å². The van der Waals surface area contributed by atoms with Crippen LogP contribution in [0.3, 0.4) is 0 Å². The van der Waals surface area contributed by atoms with Crippen LogP contribution in [-0.2, 0) is 9.59 Å². The highest BCUT2D eigenvalue weighted by Gasteiger charge is 2.74. The highest BCUT2D eigenvalue weighted by molar-refractivity contribution is 5.88. The number of Topliss-reactive ketones (excluding diaryl/α,β-unsaturated/α-hetero) is 2. The first-order chi connectivity index (χ1) is 14.7. The van der Waals surface area contributed by atoms with Gasteiger partial charge in [-0.3, -0.25) is 9.59 Å². The van der Waals surface area contributed by atoms with Crippen LogP contribution < -0.4 is 0 Å². The summed E-state index contributed by atoms with van der Waals surface area (Å²) in [5.74, 6) is 3.12. The average Bonchev–Trinajstić information content (AvgIpc) is 2.70. The maximum atomic E-state index is 14.4. The van der Waals surface area contributed by atoms with Crippen molar-refractivity contribution in [2.45, 2.75) is 94.6 Å². The quantitative estimate of drug-likeness (QED) is 0.537. The number of carbonyl (C=O) groups is 2. The first kappa shape index (κ1) is 24.4. The van der Waals surface area contributed by atoms with Crippen molar-refractivity contribution in [2.24, 2.45) is 75.4 Å². The lowest BCUT2D eigenvalue weighted by Crippen LogP contribution is -2.73. The predicted molar refractivity (Wildman–Crippen MR) is 129 cm³/mol. The number of aliphatic hydroxyl groups is 1. The van der Waals surface area contributed by atoms with Crippen molar-refractivity contribution in [3.8, 4) is 0 Å². The maximum Gasteiger partial charge on any atom is 0.140 e. The molecule has 4 rings (SSSR count). The van der Waals surface area contributed by atoms with Crippen LogP contribution in [0.5, 0.6) is 0 Å². The molecule has 3 heteroatoms. The summed E-state index contributed by atoms with van der Waals surface area (Å²) in [6.45, 7) is 22.9. The third-order valence-electron chi connectivity index (χ3n) is 13.1. The Kier molecular flexibility index (Phi) is 5.65. The van der Waals surface area contributed by atoms with E-state index in [2.05, 4.69) is 62.3 Å². The SMILES string of the molecule is CC(O)C1C(=O)CC2(C)C(C)C3(C)C(C)C4C(C)CCC(C)C4C(=O)C3C(C)C2(C)C1C. The van der Waals surface area contributed by atoms with Gasteiger partial charge < -0.3 is 5.11 Å². The zero-order chi connectivity index (χ0) is 24.1. The molecule has 0 spiro atoms. The smallest absolute Gasteiger partial charge is 0.140 e. The topological polar surface area (TPSA) is 54.4 Å². The molecule has 0 heterocycles. The molecule has 4 fully saturated rings. The van der Waals surface area contributed by atoms with E-state index in [1.165, 1.54) is 6.42 Å². The van der Waals surface area contributed by atoms with E-state index in [9.17, 15) is 14.7 Å². The van der Waals surface area contributed by atoms with E-state index in [1.807, 2.05) is 0 Å². The molecule has 0 aromatic carbocycles. The number of rotatable bonds is 1. The molecular formula is C29H48O3. The largest absolute Gasteiger partial charge is 0.393 e. The second kappa shape index (κ2) is 7.40. The van der Waals surface area contributed by atoms with Crippen molar-refractivity contribution in [2.75, 3.05) is 0 Å². The molecule has 0 aromatic heterocycles. The summed E-state index contributed by atoms with van der Waals surface area (Å²) in [6, 6.07) is 0. The highest BCUT2D eigenvalue weighted by atomic mass is 16.3. The minimum atomic E-state index is -0.640. The van der Waals surface area contributed by atoms with Crippen LogP contribution in [0.4, 0.5) is 0 Å². The molecule has 3 nitrogen and oxygen atoms in total. The Morgan fingerprint density at radius 3 is 2.00 bits per heavy atom. The Morgan fingerprint density at radius 2 is 1.44 bits per heavy atom. The molecule has 14 atom stereocenters. The summed E-state index contributed by atoms with van der Waals surface area (Å²) >= 11 is 0. The van der Waals surface area contributed by atoms with E-state index >= 15 is 0 Å². The van der Waals surface area contributed by atoms with Crippen molar-refractivity contribution in [1.29, 1.82) is 0 Å². The number of hydrogen-bond donors (Lipinski definition) is 1. The normalized spacial score (nSPS) is 59.1. The summed E-state index contributed by atoms with van der Waals surface area (Å²) in [6.07, 6.45) is 2.28. The fourth-order valence-corrected chi connectivity index (χ4v) is 10.7. The molecule has 4 saturated carbocycles. The summed E-state index contributed by atoms with van der Waals surface area (Å²) in [5, 5.41) is 10.6. The number of fused-ring (bicyclic) bond motifs is 3. The van der Waals surface area contributed by atoms with Gasteiger partial charge in [0.25, 0.3) is 0 Å². The van der Waals surface area contributed by atoms with Gasteiger partial charge in [-0.05, 0) is 71.0 Å². The van der Waals surface area contributed by atoms with E-state index in [-0.39, 0.29) is 57.5 Å². The van der Waals surface area contributed by atoms with Gasteiger partial charge in [0.05, 0.1) is 6.10 Å². The van der Waals surface area contributed by atoms with Gasteiger partial charge in [0.2, 0.25) is 0 Å².